The molecule has 1 aromatic rings. The van der Waals surface area contributed by atoms with Crippen LogP contribution in [0.4, 0.5) is 22.0 Å². The smallest absolute Gasteiger partial charge is 0.200 e. The summed E-state index contributed by atoms with van der Waals surface area (Å²) in [5.74, 6) is -9.19. The molecule has 0 bridgehead atoms. The Hall–Kier alpha value is -0.700. The molecule has 0 spiro atoms. The van der Waals surface area contributed by atoms with E-state index in [0.717, 1.165) is 25.7 Å². The van der Waals surface area contributed by atoms with Crippen LogP contribution in [0.5, 0.6) is 0 Å². The molecule has 0 aromatic heterocycles. The number of unbranched alkanes of at least 4 members (excludes halogenated alkanes) is 3. The maximum Gasteiger partial charge on any atom is 0.200 e. The van der Waals surface area contributed by atoms with E-state index in [2.05, 4.69) is 0 Å². The summed E-state index contributed by atoms with van der Waals surface area (Å²) < 4.78 is 65.0. The van der Waals surface area contributed by atoms with Crippen LogP contribution in [-0.2, 0) is 0 Å². The summed E-state index contributed by atoms with van der Waals surface area (Å²) >= 11 is 0. The monoisotopic (exact) mass is 284 g/mol. The van der Waals surface area contributed by atoms with Gasteiger partial charge in [0.2, 0.25) is 5.82 Å². The first-order chi connectivity index (χ1) is 8.50. The standard InChI is InChI=1S/C12H14F5P/c1-2-3-4-5-6-18-12-10(16)8(14)7(13)9(15)11(12)17/h18H,2-6H2,1H3. The van der Waals surface area contributed by atoms with Gasteiger partial charge in [-0.25, -0.2) is 22.0 Å². The molecule has 0 aliphatic carbocycles. The van der Waals surface area contributed by atoms with Crippen LogP contribution in [0.3, 0.4) is 0 Å². The SMILES string of the molecule is CCCCCCPc1c(F)c(F)c(F)c(F)c1F. The zero-order chi connectivity index (χ0) is 13.7. The summed E-state index contributed by atoms with van der Waals surface area (Å²) in [6.45, 7) is 2.02. The average Bonchev–Trinajstić information content (AvgIpc) is 2.37. The molecule has 0 aliphatic heterocycles. The second-order valence-corrected chi connectivity index (χ2v) is 5.29. The first-order valence-corrected chi connectivity index (χ1v) is 6.96. The third-order valence-corrected chi connectivity index (χ3v) is 3.94. The minimum Gasteiger partial charge on any atom is -0.203 e. The highest BCUT2D eigenvalue weighted by atomic mass is 31.1. The van der Waals surface area contributed by atoms with Gasteiger partial charge in [0.15, 0.2) is 23.3 Å². The number of hydrogen-bond donors (Lipinski definition) is 0. The zero-order valence-electron chi connectivity index (χ0n) is 9.93. The van der Waals surface area contributed by atoms with Crippen molar-refractivity contribution < 1.29 is 22.0 Å². The van der Waals surface area contributed by atoms with Gasteiger partial charge in [-0.15, -0.1) is 0 Å². The molecule has 0 nitrogen and oxygen atoms in total. The van der Waals surface area contributed by atoms with Gasteiger partial charge in [0.25, 0.3) is 0 Å². The Balaban J connectivity index is 2.77. The van der Waals surface area contributed by atoms with Gasteiger partial charge in [-0.1, -0.05) is 34.8 Å². The van der Waals surface area contributed by atoms with Crippen molar-refractivity contribution in [1.29, 1.82) is 0 Å². The van der Waals surface area contributed by atoms with Crippen molar-refractivity contribution in [3.63, 3.8) is 0 Å². The predicted octanol–water partition coefficient (Wildman–Crippen LogP) is 4.27. The summed E-state index contributed by atoms with van der Waals surface area (Å²) in [5.41, 5.74) is 0. The van der Waals surface area contributed by atoms with E-state index in [1.807, 2.05) is 6.92 Å². The van der Waals surface area contributed by atoms with Crippen molar-refractivity contribution in [3.05, 3.63) is 29.1 Å². The van der Waals surface area contributed by atoms with Crippen LogP contribution in [0.25, 0.3) is 0 Å². The van der Waals surface area contributed by atoms with Crippen molar-refractivity contribution >= 4 is 13.9 Å². The highest BCUT2D eigenvalue weighted by Crippen LogP contribution is 2.24. The summed E-state index contributed by atoms with van der Waals surface area (Å²) in [6.07, 6.45) is 4.09. The molecule has 0 saturated heterocycles. The maximum atomic E-state index is 13.3. The van der Waals surface area contributed by atoms with Crippen molar-refractivity contribution in [2.75, 3.05) is 6.16 Å². The summed E-state index contributed by atoms with van der Waals surface area (Å²) in [5, 5.41) is -0.678. The van der Waals surface area contributed by atoms with Gasteiger partial charge in [-0.3, -0.25) is 0 Å². The lowest BCUT2D eigenvalue weighted by atomic mass is 10.2. The molecular weight excluding hydrogens is 270 g/mol. The Bertz CT molecular complexity index is 390. The van der Waals surface area contributed by atoms with Crippen molar-refractivity contribution in [2.45, 2.75) is 32.6 Å². The van der Waals surface area contributed by atoms with E-state index in [4.69, 9.17) is 0 Å². The largest absolute Gasteiger partial charge is 0.203 e. The van der Waals surface area contributed by atoms with Gasteiger partial charge in [0, 0.05) is 0 Å². The lowest BCUT2D eigenvalue weighted by Crippen LogP contribution is -2.16. The predicted molar refractivity (Wildman–Crippen MR) is 63.2 cm³/mol. The molecule has 0 amide bonds. The van der Waals surface area contributed by atoms with E-state index < -0.39 is 43.0 Å². The molecule has 0 fully saturated rings. The molecular formula is C12H14F5P. The maximum absolute atomic E-state index is 13.3. The molecule has 0 heterocycles. The third-order valence-electron chi connectivity index (χ3n) is 2.54. The molecule has 0 saturated carbocycles. The van der Waals surface area contributed by atoms with Crippen molar-refractivity contribution in [3.8, 4) is 0 Å². The first kappa shape index (κ1) is 15.4. The lowest BCUT2D eigenvalue weighted by Gasteiger charge is -2.08. The van der Waals surface area contributed by atoms with Crippen LogP contribution in [0, 0.1) is 29.1 Å². The third kappa shape index (κ3) is 3.41. The molecule has 0 radical (unpaired) electrons. The molecule has 1 unspecified atom stereocenters. The second-order valence-electron chi connectivity index (χ2n) is 3.93. The van der Waals surface area contributed by atoms with Crippen LogP contribution < -0.4 is 5.30 Å². The van der Waals surface area contributed by atoms with Crippen molar-refractivity contribution in [1.82, 2.24) is 0 Å². The van der Waals surface area contributed by atoms with Gasteiger partial charge in [0.1, 0.15) is 0 Å². The minimum atomic E-state index is -2.09. The van der Waals surface area contributed by atoms with Gasteiger partial charge < -0.3 is 0 Å². The van der Waals surface area contributed by atoms with Crippen LogP contribution in [0.2, 0.25) is 0 Å². The Morgan fingerprint density at radius 1 is 0.722 bits per heavy atom. The number of halogens is 5. The molecule has 1 rings (SSSR count). The molecule has 1 aromatic carbocycles. The Labute approximate surface area is 104 Å². The van der Waals surface area contributed by atoms with Crippen LogP contribution in [0.15, 0.2) is 0 Å². The fraction of sp³-hybridized carbons (Fsp3) is 0.500. The Morgan fingerprint density at radius 2 is 1.22 bits per heavy atom. The van der Waals surface area contributed by atoms with Crippen LogP contribution in [-0.4, -0.2) is 6.16 Å². The highest BCUT2D eigenvalue weighted by Gasteiger charge is 2.25. The number of hydrogen-bond acceptors (Lipinski definition) is 0. The van der Waals surface area contributed by atoms with E-state index in [9.17, 15) is 22.0 Å². The van der Waals surface area contributed by atoms with Gasteiger partial charge >= 0.3 is 0 Å². The molecule has 102 valence electrons. The Kier molecular flexibility index (Phi) is 6.00. The molecule has 0 aliphatic rings. The Morgan fingerprint density at radius 3 is 1.72 bits per heavy atom. The fourth-order valence-corrected chi connectivity index (χ4v) is 2.73. The topological polar surface area (TPSA) is 0 Å². The fourth-order valence-electron chi connectivity index (χ4n) is 1.53. The quantitative estimate of drug-likeness (QED) is 0.241. The zero-order valence-corrected chi connectivity index (χ0v) is 10.9. The normalized spacial score (nSPS) is 11.7. The summed E-state index contributed by atoms with van der Waals surface area (Å²) in [6, 6.07) is 0. The molecule has 0 N–H and O–H groups in total. The van der Waals surface area contributed by atoms with E-state index in [1.165, 1.54) is 0 Å². The van der Waals surface area contributed by atoms with E-state index in [0.29, 0.717) is 6.16 Å². The molecule has 18 heavy (non-hydrogen) atoms. The van der Waals surface area contributed by atoms with Crippen LogP contribution >= 0.6 is 8.58 Å². The van der Waals surface area contributed by atoms with Gasteiger partial charge in [-0.05, 0) is 12.6 Å². The van der Waals surface area contributed by atoms with Crippen molar-refractivity contribution in [2.24, 2.45) is 0 Å². The highest BCUT2D eigenvalue weighted by molar-refractivity contribution is 7.47. The second kappa shape index (κ2) is 7.03. The number of benzene rings is 1. The van der Waals surface area contributed by atoms with E-state index >= 15 is 0 Å². The average molecular weight is 284 g/mol. The summed E-state index contributed by atoms with van der Waals surface area (Å²) in [7, 11) is -0.394. The van der Waals surface area contributed by atoms with Gasteiger partial charge in [-0.2, -0.15) is 0 Å². The number of rotatable bonds is 6. The first-order valence-electron chi connectivity index (χ1n) is 5.76. The van der Waals surface area contributed by atoms with Gasteiger partial charge in [0.05, 0.1) is 5.30 Å². The van der Waals surface area contributed by atoms with E-state index in [-0.39, 0.29) is 0 Å². The summed E-state index contributed by atoms with van der Waals surface area (Å²) in [4.78, 5) is 0. The molecule has 6 heteroatoms. The van der Waals surface area contributed by atoms with Crippen LogP contribution in [0.1, 0.15) is 32.6 Å². The lowest BCUT2D eigenvalue weighted by molar-refractivity contribution is 0.384. The minimum absolute atomic E-state index is 0.394. The van der Waals surface area contributed by atoms with E-state index in [1.54, 1.807) is 0 Å². The molecule has 1 atom stereocenters.